The van der Waals surface area contributed by atoms with Gasteiger partial charge >= 0.3 is 16.5 Å². The zero-order valence-electron chi connectivity index (χ0n) is 6.37. The Morgan fingerprint density at radius 3 is 1.50 bits per heavy atom. The summed E-state index contributed by atoms with van der Waals surface area (Å²) < 4.78 is 14.6. The molecule has 0 bridgehead atoms. The first-order valence-electron chi connectivity index (χ1n) is 2.97. The van der Waals surface area contributed by atoms with Crippen molar-refractivity contribution in [3.63, 3.8) is 0 Å². The fraction of sp³-hybridized carbons (Fsp3) is 1.00. The molecule has 0 aromatic rings. The van der Waals surface area contributed by atoms with Gasteiger partial charge in [-0.3, -0.25) is 0 Å². The molecule has 0 saturated heterocycles. The van der Waals surface area contributed by atoms with Crippen molar-refractivity contribution in [3.8, 4) is 0 Å². The molecule has 64 valence electrons. The maximum absolute atomic E-state index is 5.06. The predicted octanol–water partition coefficient (Wildman–Crippen LogP) is 0.293. The van der Waals surface area contributed by atoms with Crippen molar-refractivity contribution in [1.82, 2.24) is 0 Å². The van der Waals surface area contributed by atoms with Gasteiger partial charge in [0.2, 0.25) is 0 Å². The van der Waals surface area contributed by atoms with Crippen molar-refractivity contribution in [3.05, 3.63) is 0 Å². The predicted molar refractivity (Wildman–Crippen MR) is 34.6 cm³/mol. The van der Waals surface area contributed by atoms with Gasteiger partial charge < -0.3 is 14.2 Å². The van der Waals surface area contributed by atoms with Crippen LogP contribution in [0.1, 0.15) is 0 Å². The van der Waals surface area contributed by atoms with E-state index in [1.54, 1.807) is 14.2 Å². The molecule has 4 heteroatoms. The van der Waals surface area contributed by atoms with E-state index in [9.17, 15) is 0 Å². The summed E-state index contributed by atoms with van der Waals surface area (Å²) in [4.78, 5) is 0. The maximum atomic E-state index is 5.06. The van der Waals surface area contributed by atoms with Crippen LogP contribution in [-0.4, -0.2) is 40.6 Å². The van der Waals surface area contributed by atoms with Gasteiger partial charge in [0, 0.05) is 14.2 Å². The van der Waals surface area contributed by atoms with Crippen molar-refractivity contribution in [2.45, 2.75) is 0 Å². The van der Waals surface area contributed by atoms with Gasteiger partial charge in [0.15, 0.2) is 0 Å². The summed E-state index contributed by atoms with van der Waals surface area (Å²) in [5.41, 5.74) is 0. The van der Waals surface area contributed by atoms with Crippen LogP contribution in [0, 0.1) is 0 Å². The van der Waals surface area contributed by atoms with Crippen LogP contribution in [-0.2, 0) is 30.7 Å². The van der Waals surface area contributed by atoms with Gasteiger partial charge in [0.25, 0.3) is 0 Å². The van der Waals surface area contributed by atoms with Crippen LogP contribution in [0.25, 0.3) is 0 Å². The average Bonchev–Trinajstić information content (AvgIpc) is 1.89. The Bertz CT molecular complexity index is 46.3. The van der Waals surface area contributed by atoms with E-state index >= 15 is 0 Å². The van der Waals surface area contributed by atoms with E-state index in [-0.39, 0.29) is 16.5 Å². The monoisotopic (exact) mass is 192 g/mol. The third kappa shape index (κ3) is 11.2. The zero-order chi connectivity index (χ0) is 6.95. The molecule has 10 heavy (non-hydrogen) atoms. The molecule has 0 aromatic carbocycles. The van der Waals surface area contributed by atoms with Gasteiger partial charge in [0.1, 0.15) is 0 Å². The number of hydrogen-bond acceptors (Lipinski definition) is 3. The number of hydrogen-bond donors (Lipinski definition) is 0. The van der Waals surface area contributed by atoms with E-state index in [0.717, 1.165) is 0 Å². The average molecular weight is 193 g/mol. The molecular formula is C6H14NiO3+2. The Hall–Kier alpha value is 0.374. The first kappa shape index (κ1) is 13.0. The van der Waals surface area contributed by atoms with Crippen molar-refractivity contribution in [2.75, 3.05) is 40.6 Å². The van der Waals surface area contributed by atoms with Gasteiger partial charge in [-0.25, -0.2) is 0 Å². The Morgan fingerprint density at radius 1 is 0.800 bits per heavy atom. The minimum Gasteiger partial charge on any atom is -0.382 e. The topological polar surface area (TPSA) is 27.7 Å². The first-order valence-corrected chi connectivity index (χ1v) is 2.97. The number of ether oxygens (including phenoxy) is 3. The minimum atomic E-state index is 0. The van der Waals surface area contributed by atoms with Crippen LogP contribution in [0.5, 0.6) is 0 Å². The third-order valence-electron chi connectivity index (χ3n) is 0.864. The molecule has 0 aliphatic carbocycles. The second-order valence-corrected chi connectivity index (χ2v) is 1.60. The fourth-order valence-electron chi connectivity index (χ4n) is 0.387. The van der Waals surface area contributed by atoms with Gasteiger partial charge in [-0.2, -0.15) is 0 Å². The number of methoxy groups -OCH3 is 2. The summed E-state index contributed by atoms with van der Waals surface area (Å²) in [6, 6.07) is 0. The molecule has 3 nitrogen and oxygen atoms in total. The molecule has 0 N–H and O–H groups in total. The Labute approximate surface area is 72.0 Å². The van der Waals surface area contributed by atoms with Gasteiger partial charge in [-0.15, -0.1) is 0 Å². The SMILES string of the molecule is COCCOCCOC.[Ni+2]. The molecule has 0 aliphatic heterocycles. The van der Waals surface area contributed by atoms with E-state index in [1.165, 1.54) is 0 Å². The zero-order valence-corrected chi connectivity index (χ0v) is 7.36. The second kappa shape index (κ2) is 12.1. The molecule has 0 radical (unpaired) electrons. The summed E-state index contributed by atoms with van der Waals surface area (Å²) >= 11 is 0. The number of rotatable bonds is 6. The molecule has 0 amide bonds. The standard InChI is InChI=1S/C6H14O3.Ni/c1-7-3-5-9-6-4-8-2;/h3-6H2,1-2H3;/q;+2. The molecule has 0 heterocycles. The molecule has 0 aromatic heterocycles. The molecule has 0 fully saturated rings. The van der Waals surface area contributed by atoms with Crippen LogP contribution < -0.4 is 0 Å². The molecule has 0 spiro atoms. The fourth-order valence-corrected chi connectivity index (χ4v) is 0.387. The van der Waals surface area contributed by atoms with E-state index in [1.807, 2.05) is 0 Å². The van der Waals surface area contributed by atoms with Crippen LogP contribution in [0.2, 0.25) is 0 Å². The minimum absolute atomic E-state index is 0. The Kier molecular flexibility index (Phi) is 15.7. The summed E-state index contributed by atoms with van der Waals surface area (Å²) in [6.45, 7) is 2.62. The van der Waals surface area contributed by atoms with E-state index < -0.39 is 0 Å². The summed E-state index contributed by atoms with van der Waals surface area (Å²) in [5, 5.41) is 0. The van der Waals surface area contributed by atoms with E-state index in [2.05, 4.69) is 0 Å². The van der Waals surface area contributed by atoms with Gasteiger partial charge in [-0.05, 0) is 0 Å². The second-order valence-electron chi connectivity index (χ2n) is 1.60. The van der Waals surface area contributed by atoms with Crippen molar-refractivity contribution in [2.24, 2.45) is 0 Å². The molecular weight excluding hydrogens is 179 g/mol. The molecule has 0 aliphatic rings. The Morgan fingerprint density at radius 2 is 1.20 bits per heavy atom. The maximum Gasteiger partial charge on any atom is 2.00 e. The van der Waals surface area contributed by atoms with Crippen LogP contribution in [0.4, 0.5) is 0 Å². The largest absolute Gasteiger partial charge is 2.00 e. The summed E-state index contributed by atoms with van der Waals surface area (Å²) in [7, 11) is 3.30. The van der Waals surface area contributed by atoms with E-state index in [0.29, 0.717) is 26.4 Å². The van der Waals surface area contributed by atoms with Crippen molar-refractivity contribution in [1.29, 1.82) is 0 Å². The Balaban J connectivity index is 0. The smallest absolute Gasteiger partial charge is 0.382 e. The van der Waals surface area contributed by atoms with Crippen molar-refractivity contribution >= 4 is 0 Å². The van der Waals surface area contributed by atoms with Crippen LogP contribution >= 0.6 is 0 Å². The third-order valence-corrected chi connectivity index (χ3v) is 0.864. The molecule has 0 rings (SSSR count). The van der Waals surface area contributed by atoms with Gasteiger partial charge in [0.05, 0.1) is 26.4 Å². The molecule has 0 unspecified atom stereocenters. The quantitative estimate of drug-likeness (QED) is 0.448. The van der Waals surface area contributed by atoms with E-state index in [4.69, 9.17) is 14.2 Å². The first-order chi connectivity index (χ1) is 4.41. The summed E-state index contributed by atoms with van der Waals surface area (Å²) in [5.74, 6) is 0. The molecule has 0 atom stereocenters. The van der Waals surface area contributed by atoms with Crippen LogP contribution in [0.3, 0.4) is 0 Å². The van der Waals surface area contributed by atoms with Crippen molar-refractivity contribution < 1.29 is 30.7 Å². The van der Waals surface area contributed by atoms with Crippen LogP contribution in [0.15, 0.2) is 0 Å². The molecule has 0 saturated carbocycles. The van der Waals surface area contributed by atoms with Gasteiger partial charge in [-0.1, -0.05) is 0 Å². The summed E-state index contributed by atoms with van der Waals surface area (Å²) in [6.07, 6.45) is 0. The normalized spacial score (nSPS) is 9.00.